The van der Waals surface area contributed by atoms with Crippen LogP contribution in [0.5, 0.6) is 0 Å². The number of carboxylic acids is 4. The zero-order chi connectivity index (χ0) is 67.5. The van der Waals surface area contributed by atoms with Crippen LogP contribution in [-0.4, -0.2) is 199 Å². The Morgan fingerprint density at radius 1 is 0.500 bits per heavy atom. The molecule has 33 nitrogen and oxygen atoms in total. The number of carbonyl (C=O) groups is 14. The number of aromatic amines is 1. The Morgan fingerprint density at radius 3 is 1.26 bits per heavy atom. The number of nitrogens with two attached hydrogens (primary N) is 4. The lowest BCUT2D eigenvalue weighted by atomic mass is 10.0. The minimum Gasteiger partial charge on any atom is -0.481 e. The summed E-state index contributed by atoms with van der Waals surface area (Å²) in [5.41, 5.74) is 24.3. The summed E-state index contributed by atoms with van der Waals surface area (Å²) in [5.74, 6) is -16.7. The van der Waals surface area contributed by atoms with Crippen molar-refractivity contribution < 1.29 is 87.5 Å². The van der Waals surface area contributed by atoms with E-state index in [4.69, 9.17) is 22.9 Å². The van der Waals surface area contributed by atoms with E-state index >= 15 is 0 Å². The predicted molar refractivity (Wildman–Crippen MR) is 323 cm³/mol. The molecule has 2 aromatic rings. The molecule has 0 spiro atoms. The highest BCUT2D eigenvalue weighted by Gasteiger charge is 2.37. The molecule has 1 heterocycles. The van der Waals surface area contributed by atoms with E-state index in [0.717, 1.165) is 5.56 Å². The molecule has 1 aromatic carbocycles. The predicted octanol–water partition coefficient (Wildman–Crippen LogP) is -3.89. The Morgan fingerprint density at radius 2 is 0.878 bits per heavy atom. The normalized spacial score (nSPS) is 14.4. The largest absolute Gasteiger partial charge is 0.481 e. The van der Waals surface area contributed by atoms with Crippen LogP contribution in [0.2, 0.25) is 0 Å². The summed E-state index contributed by atoms with van der Waals surface area (Å²) < 4.78 is 0. The molecule has 0 unspecified atom stereocenters. The van der Waals surface area contributed by atoms with Crippen LogP contribution in [0.1, 0.15) is 115 Å². The molecule has 0 fully saturated rings. The van der Waals surface area contributed by atoms with Crippen molar-refractivity contribution in [1.82, 2.24) is 57.8 Å². The maximum absolute atomic E-state index is 14.4. The van der Waals surface area contributed by atoms with Crippen LogP contribution in [0.4, 0.5) is 0 Å². The Hall–Kier alpha value is -8.76. The van der Waals surface area contributed by atoms with E-state index in [-0.39, 0.29) is 50.9 Å². The topological polar surface area (TPSA) is 561 Å². The van der Waals surface area contributed by atoms with Gasteiger partial charge in [0, 0.05) is 37.6 Å². The third kappa shape index (κ3) is 30.0. The van der Waals surface area contributed by atoms with Crippen LogP contribution in [0.15, 0.2) is 42.9 Å². The first-order valence-corrected chi connectivity index (χ1v) is 30.6. The number of carboxylic acid groups (broad SMARTS) is 4. The number of unbranched alkanes of at least 4 members (excludes halogenated alkanes) is 2. The van der Waals surface area contributed by atoms with Gasteiger partial charge in [0.05, 0.1) is 18.8 Å². The molecule has 2 rings (SSSR count). The van der Waals surface area contributed by atoms with Crippen molar-refractivity contribution >= 4 is 94.7 Å². The lowest BCUT2D eigenvalue weighted by Gasteiger charge is -2.28. The molecule has 0 aliphatic heterocycles. The number of hydrogen-bond donors (Lipinski definition) is 18. The van der Waals surface area contributed by atoms with Gasteiger partial charge >= 0.3 is 23.9 Å². The fraction of sp³-hybridized carbons (Fsp3) is 0.589. The minimum absolute atomic E-state index is 0.0157. The SMILES string of the molecule is CSCC[C@H](NC(=O)[C@@H](N)Cc1ccccc1)C(=O)N[C@@H](CCCCN)C(=O)N[C@@H](CCCCN)C(=O)N[C@@H](CC(N)=O)C(=O)N[C@@H](Cc1cnc[nH]1)C(=O)N[C@@H](CCC(=O)O)C(=O)N[C@@H](CCC(=O)O)C(=O)N[C@@H](CCC(=O)O)C(=O)N[C@H](C(=O)O)C(C)C. The second-order valence-electron chi connectivity index (χ2n) is 21.5. The summed E-state index contributed by atoms with van der Waals surface area (Å²) in [5, 5.41) is 59.9. The number of nitrogens with zero attached hydrogens (tertiary/aromatic N) is 1. The number of nitrogens with one attached hydrogen (secondary N) is 10. The van der Waals surface area contributed by atoms with E-state index in [1.807, 2.05) is 0 Å². The number of thioether (sulfide) groups is 1. The molecule has 22 N–H and O–H groups in total. The molecular formula is C56H87N15O18S. The number of rotatable bonds is 46. The van der Waals surface area contributed by atoms with Gasteiger partial charge in [0.15, 0.2) is 0 Å². The van der Waals surface area contributed by atoms with Crippen molar-refractivity contribution in [3.63, 3.8) is 0 Å². The molecular weight excluding hydrogens is 1200 g/mol. The zero-order valence-corrected chi connectivity index (χ0v) is 51.3. The fourth-order valence-electron chi connectivity index (χ4n) is 8.79. The first-order valence-electron chi connectivity index (χ1n) is 29.2. The van der Waals surface area contributed by atoms with Gasteiger partial charge in [0.2, 0.25) is 59.1 Å². The highest BCUT2D eigenvalue weighted by atomic mass is 32.2. The second-order valence-corrected chi connectivity index (χ2v) is 22.4. The van der Waals surface area contributed by atoms with Crippen LogP contribution in [0.3, 0.4) is 0 Å². The zero-order valence-electron chi connectivity index (χ0n) is 50.5. The van der Waals surface area contributed by atoms with E-state index < -0.39 is 201 Å². The van der Waals surface area contributed by atoms with E-state index in [0.29, 0.717) is 25.0 Å². The molecule has 10 amide bonds. The van der Waals surface area contributed by atoms with Gasteiger partial charge in [0.1, 0.15) is 54.4 Å². The highest BCUT2D eigenvalue weighted by Crippen LogP contribution is 2.13. The molecule has 500 valence electrons. The summed E-state index contributed by atoms with van der Waals surface area (Å²) in [6.45, 7) is 3.31. The number of primary amides is 1. The van der Waals surface area contributed by atoms with Crippen molar-refractivity contribution in [3.05, 3.63) is 54.1 Å². The number of carbonyl (C=O) groups excluding carboxylic acids is 10. The Labute approximate surface area is 523 Å². The molecule has 0 saturated carbocycles. The summed E-state index contributed by atoms with van der Waals surface area (Å²) in [6, 6.07) is -6.74. The van der Waals surface area contributed by atoms with Crippen LogP contribution in [-0.2, 0) is 80.0 Å². The average molecular weight is 1290 g/mol. The Bertz CT molecular complexity index is 2730. The van der Waals surface area contributed by atoms with Crippen LogP contribution in [0.25, 0.3) is 0 Å². The Kier molecular flexibility index (Phi) is 35.6. The monoisotopic (exact) mass is 1290 g/mol. The number of aliphatic carboxylic acids is 4. The molecule has 0 aliphatic rings. The van der Waals surface area contributed by atoms with Gasteiger partial charge in [-0.3, -0.25) is 62.3 Å². The molecule has 1 aromatic heterocycles. The summed E-state index contributed by atoms with van der Waals surface area (Å²) in [6.07, 6.45) is 0.0210. The molecule has 34 heteroatoms. The second kappa shape index (κ2) is 41.5. The van der Waals surface area contributed by atoms with Gasteiger partial charge in [-0.2, -0.15) is 11.8 Å². The van der Waals surface area contributed by atoms with E-state index in [2.05, 4.69) is 57.8 Å². The van der Waals surface area contributed by atoms with Crippen molar-refractivity contribution in [3.8, 4) is 0 Å². The molecule has 10 atom stereocenters. The summed E-state index contributed by atoms with van der Waals surface area (Å²) >= 11 is 1.40. The van der Waals surface area contributed by atoms with Crippen molar-refractivity contribution in [2.45, 2.75) is 177 Å². The van der Waals surface area contributed by atoms with Gasteiger partial charge in [0.25, 0.3) is 0 Å². The smallest absolute Gasteiger partial charge is 0.326 e. The van der Waals surface area contributed by atoms with Gasteiger partial charge in [-0.1, -0.05) is 44.2 Å². The van der Waals surface area contributed by atoms with Gasteiger partial charge in [-0.15, -0.1) is 0 Å². The number of aromatic nitrogens is 2. The van der Waals surface area contributed by atoms with E-state index in [9.17, 15) is 87.5 Å². The Balaban J connectivity index is 2.52. The molecule has 0 aliphatic carbocycles. The average Bonchev–Trinajstić information content (AvgIpc) is 3.56. The summed E-state index contributed by atoms with van der Waals surface area (Å²) in [4.78, 5) is 192. The number of imidazole rings is 1. The number of benzene rings is 1. The maximum atomic E-state index is 14.4. The first kappa shape index (κ1) is 77.3. The minimum atomic E-state index is -1.91. The molecule has 90 heavy (non-hydrogen) atoms. The lowest BCUT2D eigenvalue weighted by molar-refractivity contribution is -0.144. The van der Waals surface area contributed by atoms with Crippen molar-refractivity contribution in [1.29, 1.82) is 0 Å². The quantitative estimate of drug-likeness (QED) is 0.0282. The number of amides is 10. The molecule has 0 bridgehead atoms. The third-order valence-corrected chi connectivity index (χ3v) is 14.4. The maximum Gasteiger partial charge on any atom is 0.326 e. The number of H-pyrrole nitrogens is 1. The van der Waals surface area contributed by atoms with E-state index in [1.165, 1.54) is 38.1 Å². The first-order chi connectivity index (χ1) is 42.6. The van der Waals surface area contributed by atoms with Gasteiger partial charge < -0.3 is 96.2 Å². The third-order valence-electron chi connectivity index (χ3n) is 13.8. The fourth-order valence-corrected chi connectivity index (χ4v) is 9.26. The molecule has 0 saturated heterocycles. The highest BCUT2D eigenvalue weighted by molar-refractivity contribution is 7.98. The number of hydrogen-bond acceptors (Lipinski definition) is 19. The lowest BCUT2D eigenvalue weighted by Crippen LogP contribution is -2.61. The van der Waals surface area contributed by atoms with Crippen LogP contribution >= 0.6 is 11.8 Å². The van der Waals surface area contributed by atoms with E-state index in [1.54, 1.807) is 36.6 Å². The van der Waals surface area contributed by atoms with Gasteiger partial charge in [-0.05, 0) is 107 Å². The van der Waals surface area contributed by atoms with Gasteiger partial charge in [-0.25, -0.2) is 9.78 Å². The standard InChI is InChI=1S/C56H87N15O18S/c1-30(2)46(56(88)89)71-53(85)38(17-20-45(77)78)67-50(82)36(15-18-43(73)74)66-51(83)37(16-19-44(75)76)68-54(86)40(26-32-28-61-29-62-32)69-55(87)41(27-42(60)72)70-49(81)35(14-8-10-23-58)64-48(80)34(13-7-9-22-57)65-52(84)39(21-24-90-3)63-47(79)33(59)25-31-11-5-4-6-12-31/h4-6,11-12,28-30,33-41,46H,7-10,13-27,57-59H2,1-3H3,(H2,60,72)(H,61,62)(H,63,79)(H,64,80)(H,65,84)(H,66,83)(H,67,82)(H,68,86)(H,69,87)(H,70,81)(H,71,85)(H,73,74)(H,75,76)(H,77,78)(H,88,89)/t33-,34-,35-,36-,37-,38-,39-,40-,41-,46-/m0/s1. The van der Waals surface area contributed by atoms with Crippen LogP contribution in [0, 0.1) is 5.92 Å². The van der Waals surface area contributed by atoms with Crippen molar-refractivity contribution in [2.75, 3.05) is 25.1 Å². The molecule has 0 radical (unpaired) electrons. The van der Waals surface area contributed by atoms with Crippen LogP contribution < -0.4 is 70.8 Å². The van der Waals surface area contributed by atoms with Crippen molar-refractivity contribution in [2.24, 2.45) is 28.9 Å². The summed E-state index contributed by atoms with van der Waals surface area (Å²) in [7, 11) is 0.